The molecule has 0 aromatic heterocycles. The number of benzene rings is 1. The molecular weight excluding hydrogens is 314 g/mol. The van der Waals surface area contributed by atoms with Crippen LogP contribution in [0.5, 0.6) is 5.75 Å². The van der Waals surface area contributed by atoms with Crippen molar-refractivity contribution < 1.29 is 5.11 Å². The zero-order valence-electron chi connectivity index (χ0n) is 12.5. The molecule has 2 rings (SSSR count). The number of rotatable bonds is 5. The van der Waals surface area contributed by atoms with Crippen molar-refractivity contribution in [3.05, 3.63) is 28.2 Å². The summed E-state index contributed by atoms with van der Waals surface area (Å²) in [7, 11) is 0. The Morgan fingerprint density at radius 2 is 2.10 bits per heavy atom. The van der Waals surface area contributed by atoms with Crippen LogP contribution in [0.3, 0.4) is 0 Å². The molecule has 1 aromatic carbocycles. The van der Waals surface area contributed by atoms with Gasteiger partial charge in [-0.2, -0.15) is 0 Å². The fourth-order valence-corrected chi connectivity index (χ4v) is 3.65. The van der Waals surface area contributed by atoms with E-state index in [0.29, 0.717) is 5.75 Å². The third kappa shape index (κ3) is 3.98. The van der Waals surface area contributed by atoms with Crippen LogP contribution in [0.25, 0.3) is 0 Å². The van der Waals surface area contributed by atoms with E-state index in [1.807, 2.05) is 12.1 Å². The first-order chi connectivity index (χ1) is 9.61. The molecule has 0 heterocycles. The Morgan fingerprint density at radius 3 is 2.80 bits per heavy atom. The van der Waals surface area contributed by atoms with Gasteiger partial charge in [-0.15, -0.1) is 0 Å². The zero-order valence-corrected chi connectivity index (χ0v) is 14.1. The molecule has 1 aliphatic carbocycles. The average Bonchev–Trinajstić information content (AvgIpc) is 2.45. The molecule has 0 spiro atoms. The number of phenolic OH excluding ortho intramolecular Hbond substituents is 1. The number of halogens is 1. The molecule has 2 nitrogen and oxygen atoms in total. The molecule has 0 amide bonds. The lowest BCUT2D eigenvalue weighted by Gasteiger charge is -2.30. The van der Waals surface area contributed by atoms with Crippen LogP contribution < -0.4 is 5.32 Å². The summed E-state index contributed by atoms with van der Waals surface area (Å²) in [6.07, 6.45) is 6.46. The lowest BCUT2D eigenvalue weighted by molar-refractivity contribution is 0.239. The first-order valence-corrected chi connectivity index (χ1v) is 8.63. The van der Waals surface area contributed by atoms with E-state index < -0.39 is 0 Å². The molecule has 2 N–H and O–H groups in total. The molecule has 1 fully saturated rings. The van der Waals surface area contributed by atoms with Gasteiger partial charge in [-0.1, -0.05) is 49.0 Å². The second-order valence-corrected chi connectivity index (χ2v) is 7.01. The van der Waals surface area contributed by atoms with Crippen molar-refractivity contribution in [1.29, 1.82) is 0 Å². The third-order valence-electron chi connectivity index (χ3n) is 4.69. The molecule has 1 saturated carbocycles. The maximum absolute atomic E-state index is 10.1. The van der Waals surface area contributed by atoms with Gasteiger partial charge in [0.25, 0.3) is 0 Å². The monoisotopic (exact) mass is 339 g/mol. The smallest absolute Gasteiger partial charge is 0.120 e. The highest BCUT2D eigenvalue weighted by Crippen LogP contribution is 2.32. The molecule has 0 aliphatic heterocycles. The standard InChI is InChI=1S/C17H26BrNO/c1-3-16(15-10-14(18)8-9-17(15)20)19-11-13-7-5-4-6-12(13)2/h8-10,12-13,16,19-20H,3-7,11H2,1-2H3. The quantitative estimate of drug-likeness (QED) is 0.789. The Bertz CT molecular complexity index is 435. The van der Waals surface area contributed by atoms with Gasteiger partial charge in [0.15, 0.2) is 0 Å². The van der Waals surface area contributed by atoms with Crippen LogP contribution in [0.15, 0.2) is 22.7 Å². The summed E-state index contributed by atoms with van der Waals surface area (Å²) in [4.78, 5) is 0. The SMILES string of the molecule is CCC(NCC1CCCCC1C)c1cc(Br)ccc1O. The number of hydrogen-bond donors (Lipinski definition) is 2. The molecule has 112 valence electrons. The normalized spacial score (nSPS) is 24.6. The molecule has 0 saturated heterocycles. The van der Waals surface area contributed by atoms with E-state index >= 15 is 0 Å². The Labute approximate surface area is 131 Å². The van der Waals surface area contributed by atoms with Crippen molar-refractivity contribution in [3.63, 3.8) is 0 Å². The Kier molecular flexibility index (Phi) is 5.91. The summed E-state index contributed by atoms with van der Waals surface area (Å²) in [5.74, 6) is 2.00. The lowest BCUT2D eigenvalue weighted by atomic mass is 9.80. The van der Waals surface area contributed by atoms with E-state index in [1.165, 1.54) is 25.7 Å². The highest BCUT2D eigenvalue weighted by molar-refractivity contribution is 9.10. The minimum atomic E-state index is 0.238. The molecule has 3 unspecified atom stereocenters. The maximum atomic E-state index is 10.1. The lowest BCUT2D eigenvalue weighted by Crippen LogP contribution is -2.31. The van der Waals surface area contributed by atoms with E-state index in [0.717, 1.165) is 34.8 Å². The summed E-state index contributed by atoms with van der Waals surface area (Å²) < 4.78 is 1.02. The highest BCUT2D eigenvalue weighted by Gasteiger charge is 2.22. The number of hydrogen-bond acceptors (Lipinski definition) is 2. The van der Waals surface area contributed by atoms with Crippen LogP contribution in [0.1, 0.15) is 57.6 Å². The van der Waals surface area contributed by atoms with Gasteiger partial charge in [0.1, 0.15) is 5.75 Å². The predicted octanol–water partition coefficient (Wildman–Crippen LogP) is 5.02. The topological polar surface area (TPSA) is 32.3 Å². The number of phenols is 1. The van der Waals surface area contributed by atoms with Crippen LogP contribution in [0.4, 0.5) is 0 Å². The maximum Gasteiger partial charge on any atom is 0.120 e. The van der Waals surface area contributed by atoms with E-state index in [4.69, 9.17) is 0 Å². The van der Waals surface area contributed by atoms with Crippen molar-refractivity contribution in [1.82, 2.24) is 5.32 Å². The van der Waals surface area contributed by atoms with Crippen LogP contribution in [0.2, 0.25) is 0 Å². The van der Waals surface area contributed by atoms with Crippen molar-refractivity contribution in [3.8, 4) is 5.75 Å². The molecule has 0 radical (unpaired) electrons. The summed E-state index contributed by atoms with van der Waals surface area (Å²) in [5, 5.41) is 13.7. The number of nitrogens with one attached hydrogen (secondary N) is 1. The minimum absolute atomic E-state index is 0.238. The molecule has 20 heavy (non-hydrogen) atoms. The molecule has 1 aliphatic rings. The third-order valence-corrected chi connectivity index (χ3v) is 5.18. The largest absolute Gasteiger partial charge is 0.508 e. The molecule has 1 aromatic rings. The van der Waals surface area contributed by atoms with E-state index in [2.05, 4.69) is 35.1 Å². The highest BCUT2D eigenvalue weighted by atomic mass is 79.9. The van der Waals surface area contributed by atoms with Gasteiger partial charge in [0.2, 0.25) is 0 Å². The van der Waals surface area contributed by atoms with Gasteiger partial charge in [0, 0.05) is 16.1 Å². The molecule has 3 atom stereocenters. The van der Waals surface area contributed by atoms with E-state index in [-0.39, 0.29) is 6.04 Å². The van der Waals surface area contributed by atoms with Crippen LogP contribution in [-0.2, 0) is 0 Å². The van der Waals surface area contributed by atoms with E-state index in [1.54, 1.807) is 6.07 Å². The average molecular weight is 340 g/mol. The van der Waals surface area contributed by atoms with Crippen LogP contribution in [0, 0.1) is 11.8 Å². The molecule has 3 heteroatoms. The zero-order chi connectivity index (χ0) is 14.5. The second kappa shape index (κ2) is 7.46. The summed E-state index contributed by atoms with van der Waals surface area (Å²) >= 11 is 3.49. The predicted molar refractivity (Wildman–Crippen MR) is 88.0 cm³/mol. The fourth-order valence-electron chi connectivity index (χ4n) is 3.27. The van der Waals surface area contributed by atoms with Crippen molar-refractivity contribution in [2.45, 2.75) is 52.0 Å². The van der Waals surface area contributed by atoms with Gasteiger partial charge >= 0.3 is 0 Å². The summed E-state index contributed by atoms with van der Waals surface area (Å²) in [6.45, 7) is 5.61. The summed E-state index contributed by atoms with van der Waals surface area (Å²) in [5.41, 5.74) is 1.00. The van der Waals surface area contributed by atoms with E-state index in [9.17, 15) is 5.11 Å². The second-order valence-electron chi connectivity index (χ2n) is 6.09. The van der Waals surface area contributed by atoms with Crippen molar-refractivity contribution >= 4 is 15.9 Å². The van der Waals surface area contributed by atoms with Gasteiger partial charge in [-0.3, -0.25) is 0 Å². The Morgan fingerprint density at radius 1 is 1.35 bits per heavy atom. The van der Waals surface area contributed by atoms with Gasteiger partial charge in [-0.05, 0) is 49.4 Å². The molecule has 0 bridgehead atoms. The number of aromatic hydroxyl groups is 1. The van der Waals surface area contributed by atoms with Gasteiger partial charge in [-0.25, -0.2) is 0 Å². The van der Waals surface area contributed by atoms with Crippen LogP contribution in [-0.4, -0.2) is 11.7 Å². The Hall–Kier alpha value is -0.540. The van der Waals surface area contributed by atoms with Gasteiger partial charge < -0.3 is 10.4 Å². The minimum Gasteiger partial charge on any atom is -0.508 e. The molecular formula is C17H26BrNO. The fraction of sp³-hybridized carbons (Fsp3) is 0.647. The Balaban J connectivity index is 1.99. The first-order valence-electron chi connectivity index (χ1n) is 7.83. The van der Waals surface area contributed by atoms with Gasteiger partial charge in [0.05, 0.1) is 0 Å². The summed E-state index contributed by atoms with van der Waals surface area (Å²) in [6, 6.07) is 5.92. The van der Waals surface area contributed by atoms with Crippen LogP contribution >= 0.6 is 15.9 Å². The van der Waals surface area contributed by atoms with Crippen molar-refractivity contribution in [2.75, 3.05) is 6.54 Å². The van der Waals surface area contributed by atoms with Crippen molar-refractivity contribution in [2.24, 2.45) is 11.8 Å². The first kappa shape index (κ1) is 15.8.